The Hall–Kier alpha value is -1.000. The number of primary amides is 1. The molecule has 2 heterocycles. The predicted molar refractivity (Wildman–Crippen MR) is 146 cm³/mol. The number of unbranched alkanes of at least 4 members (excludes halogenated alkanes) is 1. The largest absolute Gasteiger partial charge is 0.369 e. The summed E-state index contributed by atoms with van der Waals surface area (Å²) in [5.41, 5.74) is 5.43. The summed E-state index contributed by atoms with van der Waals surface area (Å²) in [6, 6.07) is 10.7. The molecule has 1 aromatic rings. The number of piperidine rings is 1. The molecule has 1 amide bonds. The van der Waals surface area contributed by atoms with Gasteiger partial charge in [0.15, 0.2) is 5.96 Å². The van der Waals surface area contributed by atoms with Gasteiger partial charge in [-0.25, -0.2) is 0 Å². The quantitative estimate of drug-likeness (QED) is 0.147. The van der Waals surface area contributed by atoms with Gasteiger partial charge in [0.2, 0.25) is 5.91 Å². The Morgan fingerprint density at radius 3 is 2.59 bits per heavy atom. The second-order valence-corrected chi connectivity index (χ2v) is 9.78. The first kappa shape index (κ1) is 27.2. The van der Waals surface area contributed by atoms with Crippen LogP contribution in [0.5, 0.6) is 0 Å². The fourth-order valence-electron chi connectivity index (χ4n) is 4.39. The number of rotatable bonds is 10. The Morgan fingerprint density at radius 1 is 1.16 bits per heavy atom. The van der Waals surface area contributed by atoms with Crippen molar-refractivity contribution in [2.24, 2.45) is 22.6 Å². The molecule has 3 rings (SSSR count). The fourth-order valence-corrected chi connectivity index (χ4v) is 5.44. The van der Waals surface area contributed by atoms with Crippen LogP contribution in [0.15, 0.2) is 40.2 Å². The molecule has 0 radical (unpaired) electrons. The first-order chi connectivity index (χ1) is 15.2. The summed E-state index contributed by atoms with van der Waals surface area (Å²) >= 11 is 1.97. The molecule has 0 saturated carbocycles. The molecule has 32 heavy (non-hydrogen) atoms. The zero-order valence-electron chi connectivity index (χ0n) is 19.4. The number of nitrogens with one attached hydrogen (secondary N) is 1. The number of hydrogen-bond donors (Lipinski definition) is 2. The number of carbonyl (C=O) groups excluding carboxylic acids is 1. The molecule has 0 aliphatic carbocycles. The van der Waals surface area contributed by atoms with Crippen molar-refractivity contribution in [3.05, 3.63) is 30.3 Å². The third-order valence-corrected chi connectivity index (χ3v) is 7.53. The number of likely N-dealkylation sites (tertiary alicyclic amines) is 2. The van der Waals surface area contributed by atoms with Gasteiger partial charge in [-0.05, 0) is 76.7 Å². The van der Waals surface area contributed by atoms with Gasteiger partial charge >= 0.3 is 0 Å². The zero-order valence-corrected chi connectivity index (χ0v) is 22.5. The van der Waals surface area contributed by atoms with E-state index in [0.717, 1.165) is 83.4 Å². The minimum Gasteiger partial charge on any atom is -0.369 e. The smallest absolute Gasteiger partial charge is 0.220 e. The summed E-state index contributed by atoms with van der Waals surface area (Å²) in [6.07, 6.45) is 5.32. The molecular weight excluding hydrogens is 533 g/mol. The topological polar surface area (TPSA) is 74.0 Å². The summed E-state index contributed by atoms with van der Waals surface area (Å²) in [6.45, 7) is 9.21. The van der Waals surface area contributed by atoms with Crippen molar-refractivity contribution in [3.8, 4) is 0 Å². The van der Waals surface area contributed by atoms with E-state index in [1.807, 2.05) is 11.8 Å². The lowest BCUT2D eigenvalue weighted by molar-refractivity contribution is -0.123. The lowest BCUT2D eigenvalue weighted by atomic mass is 9.96. The Kier molecular flexibility index (Phi) is 12.8. The lowest BCUT2D eigenvalue weighted by Gasteiger charge is -2.30. The van der Waals surface area contributed by atoms with Gasteiger partial charge in [-0.1, -0.05) is 18.2 Å². The predicted octanol–water partition coefficient (Wildman–Crippen LogP) is 3.66. The summed E-state index contributed by atoms with van der Waals surface area (Å²) in [7, 11) is 0. The molecule has 1 aromatic carbocycles. The van der Waals surface area contributed by atoms with Crippen molar-refractivity contribution >= 4 is 47.6 Å². The van der Waals surface area contributed by atoms with Crippen molar-refractivity contribution < 1.29 is 4.79 Å². The van der Waals surface area contributed by atoms with E-state index in [9.17, 15) is 4.79 Å². The Bertz CT molecular complexity index is 697. The fraction of sp³-hybridized carbons (Fsp3) is 0.667. The number of amides is 1. The van der Waals surface area contributed by atoms with Crippen LogP contribution in [0.1, 0.15) is 39.0 Å². The number of guanidine groups is 1. The number of thioether (sulfide) groups is 1. The summed E-state index contributed by atoms with van der Waals surface area (Å²) in [4.78, 5) is 22.5. The maximum absolute atomic E-state index is 11.3. The van der Waals surface area contributed by atoms with Gasteiger partial charge in [-0.15, -0.1) is 35.7 Å². The standard InChI is InChI=1S/C24H39N5OS.HI/c1-2-26-24(27-13-6-7-14-28-15-11-21(12-16-28)23(25)30)29-17-10-20(18-29)19-31-22-8-4-3-5-9-22;/h3-5,8-9,20-21H,2,6-7,10-19H2,1H3,(H2,25,30)(H,26,27);1H. The maximum Gasteiger partial charge on any atom is 0.220 e. The molecule has 8 heteroatoms. The van der Waals surface area contributed by atoms with E-state index in [0.29, 0.717) is 0 Å². The van der Waals surface area contributed by atoms with Crippen LogP contribution in [0.3, 0.4) is 0 Å². The second kappa shape index (κ2) is 15.0. The minimum atomic E-state index is -0.132. The van der Waals surface area contributed by atoms with Crippen molar-refractivity contribution in [2.75, 3.05) is 51.6 Å². The minimum absolute atomic E-state index is 0. The highest BCUT2D eigenvalue weighted by molar-refractivity contribution is 14.0. The molecule has 0 bridgehead atoms. The molecule has 2 saturated heterocycles. The Balaban J connectivity index is 0.00000363. The van der Waals surface area contributed by atoms with E-state index >= 15 is 0 Å². The number of carbonyl (C=O) groups is 1. The van der Waals surface area contributed by atoms with Gasteiger partial charge in [0.25, 0.3) is 0 Å². The Labute approximate surface area is 215 Å². The van der Waals surface area contributed by atoms with Crippen molar-refractivity contribution in [2.45, 2.75) is 43.9 Å². The molecule has 0 aromatic heterocycles. The summed E-state index contributed by atoms with van der Waals surface area (Å²) < 4.78 is 0. The highest BCUT2D eigenvalue weighted by Gasteiger charge is 2.25. The third-order valence-electron chi connectivity index (χ3n) is 6.28. The van der Waals surface area contributed by atoms with Crippen molar-refractivity contribution in [3.63, 3.8) is 0 Å². The number of halogens is 1. The molecular formula is C24H40IN5OS. The van der Waals surface area contributed by atoms with E-state index in [2.05, 4.69) is 52.4 Å². The van der Waals surface area contributed by atoms with Crippen LogP contribution in [0.2, 0.25) is 0 Å². The summed E-state index contributed by atoms with van der Waals surface area (Å²) in [5, 5.41) is 3.49. The van der Waals surface area contributed by atoms with E-state index in [4.69, 9.17) is 10.7 Å². The average molecular weight is 574 g/mol. The van der Waals surface area contributed by atoms with Gasteiger partial charge in [0, 0.05) is 42.7 Å². The number of nitrogens with two attached hydrogens (primary N) is 1. The highest BCUT2D eigenvalue weighted by atomic mass is 127. The van der Waals surface area contributed by atoms with Crippen LogP contribution in [0, 0.1) is 11.8 Å². The highest BCUT2D eigenvalue weighted by Crippen LogP contribution is 2.26. The number of hydrogen-bond acceptors (Lipinski definition) is 4. The first-order valence-corrected chi connectivity index (χ1v) is 12.9. The van der Waals surface area contributed by atoms with Crippen LogP contribution in [0.25, 0.3) is 0 Å². The number of benzene rings is 1. The average Bonchev–Trinajstić information content (AvgIpc) is 3.27. The van der Waals surface area contributed by atoms with Crippen molar-refractivity contribution in [1.29, 1.82) is 0 Å². The van der Waals surface area contributed by atoms with Gasteiger partial charge in [0.1, 0.15) is 0 Å². The molecule has 180 valence electrons. The number of aliphatic imine (C=N–C) groups is 1. The number of nitrogens with zero attached hydrogens (tertiary/aromatic N) is 3. The van der Waals surface area contributed by atoms with Crippen LogP contribution in [-0.4, -0.2) is 73.2 Å². The third kappa shape index (κ3) is 9.09. The molecule has 2 fully saturated rings. The SMILES string of the molecule is CCNC(=NCCCCN1CCC(C(N)=O)CC1)N1CCC(CSc2ccccc2)C1.I. The van der Waals surface area contributed by atoms with E-state index in [1.54, 1.807) is 0 Å². The van der Waals surface area contributed by atoms with Gasteiger partial charge < -0.3 is 20.9 Å². The molecule has 3 N–H and O–H groups in total. The molecule has 1 atom stereocenters. The summed E-state index contributed by atoms with van der Waals surface area (Å²) in [5.74, 6) is 2.92. The molecule has 2 aliphatic rings. The van der Waals surface area contributed by atoms with Gasteiger partial charge in [0.05, 0.1) is 0 Å². The molecule has 6 nitrogen and oxygen atoms in total. The van der Waals surface area contributed by atoms with Crippen molar-refractivity contribution in [1.82, 2.24) is 15.1 Å². The van der Waals surface area contributed by atoms with Crippen LogP contribution < -0.4 is 11.1 Å². The van der Waals surface area contributed by atoms with E-state index in [1.165, 1.54) is 17.1 Å². The molecule has 1 unspecified atom stereocenters. The molecule has 2 aliphatic heterocycles. The molecule has 0 spiro atoms. The van der Waals surface area contributed by atoms with E-state index in [-0.39, 0.29) is 35.8 Å². The lowest BCUT2D eigenvalue weighted by Crippen LogP contribution is -2.40. The normalized spacial score (nSPS) is 20.2. The monoisotopic (exact) mass is 573 g/mol. The van der Waals surface area contributed by atoms with Crippen LogP contribution in [0.4, 0.5) is 0 Å². The van der Waals surface area contributed by atoms with Crippen LogP contribution >= 0.6 is 35.7 Å². The Morgan fingerprint density at radius 2 is 1.91 bits per heavy atom. The maximum atomic E-state index is 11.3. The van der Waals surface area contributed by atoms with E-state index < -0.39 is 0 Å². The van der Waals surface area contributed by atoms with Gasteiger partial charge in [-0.3, -0.25) is 9.79 Å². The van der Waals surface area contributed by atoms with Gasteiger partial charge in [-0.2, -0.15) is 0 Å². The zero-order chi connectivity index (χ0) is 21.9. The second-order valence-electron chi connectivity index (χ2n) is 8.69. The first-order valence-electron chi connectivity index (χ1n) is 11.9. The van der Waals surface area contributed by atoms with Crippen LogP contribution in [-0.2, 0) is 4.79 Å².